The molecule has 0 N–H and O–H groups in total. The second-order valence-electron chi connectivity index (χ2n) is 2.42. The van der Waals surface area contributed by atoms with E-state index in [1.807, 2.05) is 0 Å². The summed E-state index contributed by atoms with van der Waals surface area (Å²) in [5.74, 6) is -0.600. The quantitative estimate of drug-likeness (QED) is 0.479. The minimum absolute atomic E-state index is 0.358. The summed E-state index contributed by atoms with van der Waals surface area (Å²) in [5, 5.41) is 0. The number of hydrogen-bond acceptors (Lipinski definition) is 5. The molecular weight excluding hydrogens is 219 g/mol. The van der Waals surface area contributed by atoms with Gasteiger partial charge >= 0.3 is 90.3 Å². The van der Waals surface area contributed by atoms with Gasteiger partial charge in [0.25, 0.3) is 0 Å². The van der Waals surface area contributed by atoms with E-state index < -0.39 is 14.1 Å². The molecule has 0 fully saturated rings. The first-order chi connectivity index (χ1) is 7.14. The summed E-state index contributed by atoms with van der Waals surface area (Å²) < 4.78 is 20.9. The molecule has 5 nitrogen and oxygen atoms in total. The molecule has 0 radical (unpaired) electrons. The zero-order chi connectivity index (χ0) is 11.7. The molecule has 0 rings (SSSR count). The van der Waals surface area contributed by atoms with Gasteiger partial charge < -0.3 is 0 Å². The van der Waals surface area contributed by atoms with Crippen molar-refractivity contribution in [1.29, 1.82) is 0 Å². The van der Waals surface area contributed by atoms with Crippen LogP contribution in [0, 0.1) is 0 Å². The van der Waals surface area contributed by atoms with E-state index in [1.54, 1.807) is 20.8 Å². The van der Waals surface area contributed by atoms with Crippen LogP contribution in [0.3, 0.4) is 0 Å². The molecule has 0 saturated heterocycles. The van der Waals surface area contributed by atoms with Crippen LogP contribution in [0.5, 0.6) is 0 Å². The van der Waals surface area contributed by atoms with Crippen molar-refractivity contribution in [3.63, 3.8) is 0 Å². The summed E-state index contributed by atoms with van der Waals surface area (Å²) >= 11 is 0. The van der Waals surface area contributed by atoms with Gasteiger partial charge in [0.15, 0.2) is 0 Å². The van der Waals surface area contributed by atoms with E-state index in [4.69, 9.17) is 18.1 Å². The van der Waals surface area contributed by atoms with Crippen molar-refractivity contribution in [3.05, 3.63) is 12.7 Å². The fourth-order valence-electron chi connectivity index (χ4n) is 0.909. The van der Waals surface area contributed by atoms with Gasteiger partial charge in [0, 0.05) is 0 Å². The van der Waals surface area contributed by atoms with Crippen molar-refractivity contribution >= 4 is 14.1 Å². The Balaban J connectivity index is 4.58. The fourth-order valence-corrected chi connectivity index (χ4v) is 2.73. The first kappa shape index (κ1) is 14.5. The van der Waals surface area contributed by atoms with Crippen molar-refractivity contribution in [1.82, 2.24) is 0 Å². The monoisotopic (exact) mass is 238 g/mol. The Morgan fingerprint density at radius 1 is 1.13 bits per heavy atom. The fraction of sp³-hybridized carbons (Fsp3) is 0.667. The van der Waals surface area contributed by atoms with Crippen LogP contribution in [0.4, 0.5) is 0 Å². The topological polar surface area (TPSA) is 54.0 Å². The standard InChI is InChI=1S/C9H19O5P/c1-5-9(10)14-15(11-6-2,12-7-3)13-8-4/h5,15H,1,6-8H2,2-4H3. The van der Waals surface area contributed by atoms with Crippen molar-refractivity contribution < 1.29 is 22.9 Å². The van der Waals surface area contributed by atoms with Crippen molar-refractivity contribution in [3.8, 4) is 0 Å². The molecule has 0 aromatic heterocycles. The number of carbonyl (C=O) groups excluding carboxylic acids is 1. The second-order valence-corrected chi connectivity index (χ2v) is 4.49. The summed E-state index contributed by atoms with van der Waals surface area (Å²) in [6, 6.07) is 0. The molecule has 0 aliphatic carbocycles. The van der Waals surface area contributed by atoms with Crippen molar-refractivity contribution in [2.45, 2.75) is 20.8 Å². The Morgan fingerprint density at radius 3 is 1.80 bits per heavy atom. The first-order valence-electron chi connectivity index (χ1n) is 4.91. The second kappa shape index (κ2) is 7.77. The van der Waals surface area contributed by atoms with Crippen LogP contribution in [-0.2, 0) is 22.9 Å². The van der Waals surface area contributed by atoms with Crippen LogP contribution in [0.15, 0.2) is 12.7 Å². The molecule has 0 aromatic rings. The van der Waals surface area contributed by atoms with Crippen LogP contribution < -0.4 is 0 Å². The van der Waals surface area contributed by atoms with Gasteiger partial charge in [-0.25, -0.2) is 0 Å². The predicted octanol–water partition coefficient (Wildman–Crippen LogP) is 2.24. The van der Waals surface area contributed by atoms with Crippen LogP contribution in [0.25, 0.3) is 0 Å². The molecular formula is C9H19O5P. The van der Waals surface area contributed by atoms with Crippen LogP contribution >= 0.6 is 8.17 Å². The summed E-state index contributed by atoms with van der Waals surface area (Å²) in [6.45, 7) is 9.72. The van der Waals surface area contributed by atoms with Gasteiger partial charge in [-0.3, -0.25) is 0 Å². The molecule has 0 spiro atoms. The SMILES string of the molecule is C=CC(=O)O[PH](OCC)(OCC)OCC. The van der Waals surface area contributed by atoms with Gasteiger partial charge in [0.05, 0.1) is 0 Å². The molecule has 0 atom stereocenters. The predicted molar refractivity (Wildman–Crippen MR) is 59.5 cm³/mol. The van der Waals surface area contributed by atoms with E-state index >= 15 is 0 Å². The number of hydrogen-bond donors (Lipinski definition) is 0. The molecule has 0 aliphatic rings. The molecule has 0 bridgehead atoms. The van der Waals surface area contributed by atoms with E-state index in [0.717, 1.165) is 6.08 Å². The van der Waals surface area contributed by atoms with Crippen molar-refractivity contribution in [2.75, 3.05) is 19.8 Å². The Morgan fingerprint density at radius 2 is 1.53 bits per heavy atom. The average molecular weight is 238 g/mol. The molecule has 15 heavy (non-hydrogen) atoms. The third-order valence-corrected chi connectivity index (χ3v) is 3.73. The molecule has 0 unspecified atom stereocenters. The van der Waals surface area contributed by atoms with E-state index in [1.165, 1.54) is 0 Å². The third-order valence-electron chi connectivity index (χ3n) is 1.36. The van der Waals surface area contributed by atoms with E-state index in [2.05, 4.69) is 6.58 Å². The Hall–Kier alpha value is -0.480. The molecule has 0 saturated carbocycles. The maximum absolute atomic E-state index is 11.1. The van der Waals surface area contributed by atoms with Gasteiger partial charge in [-0.15, -0.1) is 0 Å². The maximum atomic E-state index is 11.1. The Kier molecular flexibility index (Phi) is 7.52. The molecule has 6 heteroatoms. The number of rotatable bonds is 8. The van der Waals surface area contributed by atoms with E-state index in [9.17, 15) is 4.79 Å². The van der Waals surface area contributed by atoms with Gasteiger partial charge in [0.2, 0.25) is 0 Å². The van der Waals surface area contributed by atoms with Crippen LogP contribution in [0.2, 0.25) is 0 Å². The molecule has 90 valence electrons. The zero-order valence-corrected chi connectivity index (χ0v) is 10.4. The minimum atomic E-state index is -3.30. The summed E-state index contributed by atoms with van der Waals surface area (Å²) in [7, 11) is -3.30. The van der Waals surface area contributed by atoms with Gasteiger partial charge in [0.1, 0.15) is 0 Å². The summed E-state index contributed by atoms with van der Waals surface area (Å²) in [6.07, 6.45) is 1.05. The van der Waals surface area contributed by atoms with E-state index in [0.29, 0.717) is 19.8 Å². The van der Waals surface area contributed by atoms with E-state index in [-0.39, 0.29) is 0 Å². The molecule has 0 heterocycles. The molecule has 0 amide bonds. The molecule has 0 aromatic carbocycles. The van der Waals surface area contributed by atoms with Crippen LogP contribution in [0.1, 0.15) is 20.8 Å². The van der Waals surface area contributed by atoms with Gasteiger partial charge in [-0.2, -0.15) is 0 Å². The van der Waals surface area contributed by atoms with Crippen molar-refractivity contribution in [2.24, 2.45) is 0 Å². The van der Waals surface area contributed by atoms with Crippen LogP contribution in [-0.4, -0.2) is 25.8 Å². The Labute approximate surface area is 91.0 Å². The average Bonchev–Trinajstić information content (AvgIpc) is 2.18. The third kappa shape index (κ3) is 5.23. The normalized spacial score (nSPS) is 12.2. The summed E-state index contributed by atoms with van der Waals surface area (Å²) in [4.78, 5) is 11.1. The zero-order valence-electron chi connectivity index (χ0n) is 9.45. The first-order valence-corrected chi connectivity index (χ1v) is 6.54. The number of carbonyl (C=O) groups is 1. The van der Waals surface area contributed by atoms with Gasteiger partial charge in [-0.05, 0) is 0 Å². The Bertz CT molecular complexity index is 190. The van der Waals surface area contributed by atoms with Gasteiger partial charge in [-0.1, -0.05) is 0 Å². The molecule has 0 aliphatic heterocycles. The summed E-state index contributed by atoms with van der Waals surface area (Å²) in [5.41, 5.74) is 0.